The molecule has 0 fully saturated rings. The molecule has 3 aromatic rings. The van der Waals surface area contributed by atoms with Gasteiger partial charge in [0.2, 0.25) is 5.95 Å². The molecule has 1 N–H and O–H groups in total. The smallest absolute Gasteiger partial charge is 0.344 e. The van der Waals surface area contributed by atoms with E-state index in [0.717, 1.165) is 11.1 Å². The van der Waals surface area contributed by atoms with E-state index < -0.39 is 5.97 Å². The molecule has 8 heteroatoms. The number of methoxy groups -OCH3 is 1. The Morgan fingerprint density at radius 3 is 2.40 bits per heavy atom. The number of hydrogen-bond donors (Lipinski definition) is 1. The van der Waals surface area contributed by atoms with Crippen molar-refractivity contribution < 1.29 is 13.9 Å². The Morgan fingerprint density at radius 2 is 1.77 bits per heavy atom. The van der Waals surface area contributed by atoms with Crippen LogP contribution in [0, 0.1) is 5.82 Å². The van der Waals surface area contributed by atoms with E-state index in [1.807, 2.05) is 44.4 Å². The lowest BCUT2D eigenvalue weighted by molar-refractivity contribution is 0.0596. The molecule has 0 aliphatic heterocycles. The molecule has 0 amide bonds. The SMILES string of the molecule is COC(=O)c1c(NCc2ccc(F)cc2)nc(N(C)C)nc1SCc1ccccc1. The van der Waals surface area contributed by atoms with E-state index in [2.05, 4.69) is 15.3 Å². The number of nitrogens with one attached hydrogen (secondary N) is 1. The number of carbonyl (C=O) groups is 1. The van der Waals surface area contributed by atoms with Gasteiger partial charge in [0.05, 0.1) is 7.11 Å². The van der Waals surface area contributed by atoms with Gasteiger partial charge in [0.25, 0.3) is 0 Å². The summed E-state index contributed by atoms with van der Waals surface area (Å²) >= 11 is 1.45. The molecule has 2 aromatic carbocycles. The topological polar surface area (TPSA) is 67.3 Å². The number of ether oxygens (including phenoxy) is 1. The van der Waals surface area contributed by atoms with Crippen LogP contribution in [-0.4, -0.2) is 37.1 Å². The molecule has 0 spiro atoms. The summed E-state index contributed by atoms with van der Waals surface area (Å²) in [7, 11) is 5.00. The highest BCUT2D eigenvalue weighted by molar-refractivity contribution is 7.98. The zero-order chi connectivity index (χ0) is 21.5. The van der Waals surface area contributed by atoms with Gasteiger partial charge in [0, 0.05) is 26.4 Å². The zero-order valence-corrected chi connectivity index (χ0v) is 17.9. The van der Waals surface area contributed by atoms with Gasteiger partial charge in [-0.25, -0.2) is 14.2 Å². The molecule has 1 aromatic heterocycles. The molecular weight excluding hydrogens is 403 g/mol. The highest BCUT2D eigenvalue weighted by Gasteiger charge is 2.23. The largest absolute Gasteiger partial charge is 0.465 e. The van der Waals surface area contributed by atoms with Crippen LogP contribution in [0.2, 0.25) is 0 Å². The predicted molar refractivity (Wildman–Crippen MR) is 117 cm³/mol. The molecule has 0 unspecified atom stereocenters. The maximum atomic E-state index is 13.2. The number of esters is 1. The first-order valence-corrected chi connectivity index (χ1v) is 10.3. The average molecular weight is 427 g/mol. The number of carbonyl (C=O) groups excluding carboxylic acids is 1. The number of aromatic nitrogens is 2. The van der Waals surface area contributed by atoms with E-state index >= 15 is 0 Å². The number of nitrogens with zero attached hydrogens (tertiary/aromatic N) is 3. The quantitative estimate of drug-likeness (QED) is 0.326. The third-order valence-corrected chi connectivity index (χ3v) is 5.29. The van der Waals surface area contributed by atoms with E-state index in [1.54, 1.807) is 17.0 Å². The number of halogens is 1. The van der Waals surface area contributed by atoms with Crippen LogP contribution in [-0.2, 0) is 17.0 Å². The standard InChI is InChI=1S/C22H23FN4O2S/c1-27(2)22-25-19(24-13-15-9-11-17(23)12-10-15)18(21(28)29-3)20(26-22)30-14-16-7-5-4-6-8-16/h4-12H,13-14H2,1-3H3,(H,24,25,26). The normalized spacial score (nSPS) is 10.5. The number of benzene rings is 2. The van der Waals surface area contributed by atoms with E-state index in [9.17, 15) is 9.18 Å². The van der Waals surface area contributed by atoms with Crippen molar-refractivity contribution in [1.29, 1.82) is 0 Å². The summed E-state index contributed by atoms with van der Waals surface area (Å²) in [5.74, 6) is 0.676. The Morgan fingerprint density at radius 1 is 1.07 bits per heavy atom. The van der Waals surface area contributed by atoms with Gasteiger partial charge >= 0.3 is 5.97 Å². The minimum atomic E-state index is -0.516. The van der Waals surface area contributed by atoms with Gasteiger partial charge in [-0.05, 0) is 23.3 Å². The molecule has 3 rings (SSSR count). The molecule has 0 bridgehead atoms. The average Bonchev–Trinajstić information content (AvgIpc) is 2.77. The fourth-order valence-electron chi connectivity index (χ4n) is 2.66. The minimum Gasteiger partial charge on any atom is -0.465 e. The number of hydrogen-bond acceptors (Lipinski definition) is 7. The van der Waals surface area contributed by atoms with Gasteiger partial charge in [0.15, 0.2) is 0 Å². The molecule has 6 nitrogen and oxygen atoms in total. The molecule has 0 aliphatic carbocycles. The van der Waals surface area contributed by atoms with E-state index in [4.69, 9.17) is 4.74 Å². The Bertz CT molecular complexity index is 998. The van der Waals surface area contributed by atoms with E-state index in [-0.39, 0.29) is 11.4 Å². The van der Waals surface area contributed by atoms with Crippen molar-refractivity contribution in [1.82, 2.24) is 9.97 Å². The Labute approximate surface area is 179 Å². The van der Waals surface area contributed by atoms with Crippen LogP contribution in [0.3, 0.4) is 0 Å². The summed E-state index contributed by atoms with van der Waals surface area (Å²) in [6.07, 6.45) is 0. The van der Waals surface area contributed by atoms with Crippen molar-refractivity contribution >= 4 is 29.5 Å². The molecule has 1 heterocycles. The van der Waals surface area contributed by atoms with Crippen molar-refractivity contribution in [3.8, 4) is 0 Å². The fourth-order valence-corrected chi connectivity index (χ4v) is 3.63. The monoisotopic (exact) mass is 426 g/mol. The first kappa shape index (κ1) is 21.6. The third kappa shape index (κ3) is 5.48. The van der Waals surface area contributed by atoms with Gasteiger partial charge in [-0.1, -0.05) is 42.5 Å². The van der Waals surface area contributed by atoms with Crippen LogP contribution in [0.25, 0.3) is 0 Å². The Hall–Kier alpha value is -3.13. The molecule has 0 atom stereocenters. The summed E-state index contributed by atoms with van der Waals surface area (Å²) in [6, 6.07) is 16.1. The van der Waals surface area contributed by atoms with Gasteiger partial charge in [-0.2, -0.15) is 4.98 Å². The summed E-state index contributed by atoms with van der Waals surface area (Å²) in [5.41, 5.74) is 2.26. The second-order valence-corrected chi connectivity index (χ2v) is 7.66. The van der Waals surface area contributed by atoms with Gasteiger partial charge in [0.1, 0.15) is 22.2 Å². The maximum Gasteiger partial charge on any atom is 0.344 e. The second kappa shape index (κ2) is 10.1. The summed E-state index contributed by atoms with van der Waals surface area (Å²) < 4.78 is 18.2. The summed E-state index contributed by atoms with van der Waals surface area (Å²) in [5, 5.41) is 3.72. The van der Waals surface area contributed by atoms with Crippen molar-refractivity contribution in [2.75, 3.05) is 31.4 Å². The first-order valence-electron chi connectivity index (χ1n) is 9.30. The van der Waals surface area contributed by atoms with Crippen LogP contribution in [0.1, 0.15) is 21.5 Å². The molecule has 0 aliphatic rings. The van der Waals surface area contributed by atoms with Gasteiger partial charge in [-0.15, -0.1) is 11.8 Å². The predicted octanol–water partition coefficient (Wildman–Crippen LogP) is 4.37. The number of thioether (sulfide) groups is 1. The lowest BCUT2D eigenvalue weighted by Crippen LogP contribution is -2.18. The van der Waals surface area contributed by atoms with Crippen LogP contribution >= 0.6 is 11.8 Å². The number of rotatable bonds is 8. The van der Waals surface area contributed by atoms with E-state index in [1.165, 1.54) is 31.0 Å². The molecular formula is C22H23FN4O2S. The van der Waals surface area contributed by atoms with Crippen molar-refractivity contribution in [3.63, 3.8) is 0 Å². The lowest BCUT2D eigenvalue weighted by atomic mass is 10.2. The van der Waals surface area contributed by atoms with Crippen LogP contribution in [0.4, 0.5) is 16.2 Å². The molecule has 156 valence electrons. The lowest BCUT2D eigenvalue weighted by Gasteiger charge is -2.18. The van der Waals surface area contributed by atoms with Gasteiger partial charge in [-0.3, -0.25) is 0 Å². The molecule has 0 radical (unpaired) electrons. The highest BCUT2D eigenvalue weighted by atomic mass is 32.2. The van der Waals surface area contributed by atoms with Crippen LogP contribution in [0.5, 0.6) is 0 Å². The fraction of sp³-hybridized carbons (Fsp3) is 0.227. The van der Waals surface area contributed by atoms with Crippen molar-refractivity contribution in [2.24, 2.45) is 0 Å². The maximum absolute atomic E-state index is 13.2. The minimum absolute atomic E-state index is 0.283. The van der Waals surface area contributed by atoms with E-state index in [0.29, 0.717) is 29.1 Å². The zero-order valence-electron chi connectivity index (χ0n) is 17.1. The summed E-state index contributed by atoms with van der Waals surface area (Å²) in [6.45, 7) is 0.372. The number of anilines is 2. The molecule has 30 heavy (non-hydrogen) atoms. The van der Waals surface area contributed by atoms with Crippen LogP contribution in [0.15, 0.2) is 59.6 Å². The Balaban J connectivity index is 1.94. The highest BCUT2D eigenvalue weighted by Crippen LogP contribution is 2.31. The molecule has 0 saturated carbocycles. The van der Waals surface area contributed by atoms with Gasteiger partial charge < -0.3 is 15.0 Å². The van der Waals surface area contributed by atoms with Crippen molar-refractivity contribution in [3.05, 3.63) is 77.1 Å². The first-order chi connectivity index (χ1) is 14.5. The Kier molecular flexibility index (Phi) is 7.24. The molecule has 0 saturated heterocycles. The second-order valence-electron chi connectivity index (χ2n) is 6.69. The summed E-state index contributed by atoms with van der Waals surface area (Å²) in [4.78, 5) is 23.4. The third-order valence-electron chi connectivity index (χ3n) is 4.25. The van der Waals surface area contributed by atoms with Crippen LogP contribution < -0.4 is 10.2 Å². The van der Waals surface area contributed by atoms with Crippen molar-refractivity contribution in [2.45, 2.75) is 17.3 Å².